The summed E-state index contributed by atoms with van der Waals surface area (Å²) in [6, 6.07) is 6.40. The third-order valence-corrected chi connectivity index (χ3v) is 4.13. The van der Waals surface area contributed by atoms with E-state index in [-0.39, 0.29) is 17.7 Å². The van der Waals surface area contributed by atoms with Crippen molar-refractivity contribution in [1.82, 2.24) is 0 Å². The zero-order valence-corrected chi connectivity index (χ0v) is 10.6. The molecule has 1 aromatic rings. The maximum Gasteiger partial charge on any atom is 0.307 e. The van der Waals surface area contributed by atoms with E-state index in [0.29, 0.717) is 12.3 Å². The summed E-state index contributed by atoms with van der Waals surface area (Å²) in [5.74, 6) is -0.880. The van der Waals surface area contributed by atoms with E-state index in [9.17, 15) is 14.3 Å². The van der Waals surface area contributed by atoms with E-state index in [2.05, 4.69) is 6.92 Å². The highest BCUT2D eigenvalue weighted by Gasteiger charge is 2.35. The predicted molar refractivity (Wildman–Crippen MR) is 67.9 cm³/mol. The molecule has 0 aliphatic heterocycles. The van der Waals surface area contributed by atoms with Crippen LogP contribution in [0.4, 0.5) is 4.39 Å². The zero-order valence-electron chi connectivity index (χ0n) is 10.6. The Balaban J connectivity index is 2.27. The van der Waals surface area contributed by atoms with Crippen LogP contribution in [0.5, 0.6) is 0 Å². The molecule has 98 valence electrons. The number of benzene rings is 1. The van der Waals surface area contributed by atoms with E-state index >= 15 is 0 Å². The molecular weight excluding hydrogens is 231 g/mol. The molecule has 2 nitrogen and oxygen atoms in total. The lowest BCUT2D eigenvalue weighted by molar-refractivity contribution is -0.143. The van der Waals surface area contributed by atoms with Gasteiger partial charge in [0.1, 0.15) is 5.82 Å². The molecule has 0 bridgehead atoms. The summed E-state index contributed by atoms with van der Waals surface area (Å²) in [7, 11) is 0. The Morgan fingerprint density at radius 3 is 2.83 bits per heavy atom. The second-order valence-corrected chi connectivity index (χ2v) is 5.19. The Bertz CT molecular complexity index is 430. The Kier molecular flexibility index (Phi) is 4.00. The molecule has 1 aliphatic rings. The summed E-state index contributed by atoms with van der Waals surface area (Å²) in [6.45, 7) is 2.13. The molecule has 1 aromatic carbocycles. The Hall–Kier alpha value is -1.38. The summed E-state index contributed by atoms with van der Waals surface area (Å²) < 4.78 is 13.3. The van der Waals surface area contributed by atoms with Crippen LogP contribution in [0, 0.1) is 17.7 Å². The van der Waals surface area contributed by atoms with E-state index in [4.69, 9.17) is 0 Å². The molecule has 0 spiro atoms. The molecule has 18 heavy (non-hydrogen) atoms. The fourth-order valence-electron chi connectivity index (χ4n) is 3.03. The van der Waals surface area contributed by atoms with Crippen LogP contribution in [-0.2, 0) is 4.79 Å². The molecule has 3 atom stereocenters. The minimum atomic E-state index is -0.751. The standard InChI is InChI=1S/C15H19FO2/c1-2-10-6-7-13(15(17)18)14(8-10)11-4-3-5-12(16)9-11/h3-5,9-10,13-14H,2,6-8H2,1H3,(H,17,18). The first kappa shape index (κ1) is 13.1. The first-order chi connectivity index (χ1) is 8.61. The molecule has 3 unspecified atom stereocenters. The van der Waals surface area contributed by atoms with Crippen LogP contribution in [0.2, 0.25) is 0 Å². The number of halogens is 1. The van der Waals surface area contributed by atoms with Crippen molar-refractivity contribution >= 4 is 5.97 Å². The van der Waals surface area contributed by atoms with Crippen molar-refractivity contribution in [2.24, 2.45) is 11.8 Å². The third-order valence-electron chi connectivity index (χ3n) is 4.13. The van der Waals surface area contributed by atoms with Crippen molar-refractivity contribution in [2.45, 2.75) is 38.5 Å². The Morgan fingerprint density at radius 2 is 2.22 bits per heavy atom. The van der Waals surface area contributed by atoms with Crippen molar-refractivity contribution in [3.8, 4) is 0 Å². The highest BCUT2D eigenvalue weighted by molar-refractivity contribution is 5.71. The van der Waals surface area contributed by atoms with E-state index in [1.54, 1.807) is 6.07 Å². The Labute approximate surface area is 107 Å². The van der Waals surface area contributed by atoms with Gasteiger partial charge in [0.05, 0.1) is 5.92 Å². The quantitative estimate of drug-likeness (QED) is 0.885. The maximum atomic E-state index is 13.3. The largest absolute Gasteiger partial charge is 0.481 e. The molecule has 1 aliphatic carbocycles. The molecular formula is C15H19FO2. The lowest BCUT2D eigenvalue weighted by Gasteiger charge is -2.34. The van der Waals surface area contributed by atoms with Gasteiger partial charge in [-0.3, -0.25) is 4.79 Å². The van der Waals surface area contributed by atoms with Gasteiger partial charge in [0.2, 0.25) is 0 Å². The molecule has 0 saturated heterocycles. The SMILES string of the molecule is CCC1CCC(C(=O)O)C(c2cccc(F)c2)C1. The van der Waals surface area contributed by atoms with E-state index in [0.717, 1.165) is 24.8 Å². The molecule has 0 radical (unpaired) electrons. The van der Waals surface area contributed by atoms with Gasteiger partial charge in [-0.05, 0) is 48.8 Å². The average Bonchev–Trinajstić information content (AvgIpc) is 2.38. The molecule has 1 fully saturated rings. The maximum absolute atomic E-state index is 13.3. The van der Waals surface area contributed by atoms with Gasteiger partial charge < -0.3 is 5.11 Å². The van der Waals surface area contributed by atoms with Gasteiger partial charge in [-0.2, -0.15) is 0 Å². The number of aliphatic carboxylic acids is 1. The number of rotatable bonds is 3. The van der Waals surface area contributed by atoms with Gasteiger partial charge in [0.25, 0.3) is 0 Å². The number of hydrogen-bond donors (Lipinski definition) is 1. The van der Waals surface area contributed by atoms with E-state index in [1.165, 1.54) is 12.1 Å². The van der Waals surface area contributed by atoms with Crippen LogP contribution in [-0.4, -0.2) is 11.1 Å². The molecule has 0 amide bonds. The highest BCUT2D eigenvalue weighted by atomic mass is 19.1. The normalized spacial score (nSPS) is 28.0. The smallest absolute Gasteiger partial charge is 0.307 e. The van der Waals surface area contributed by atoms with Gasteiger partial charge in [0, 0.05) is 0 Å². The van der Waals surface area contributed by atoms with Crippen LogP contribution in [0.15, 0.2) is 24.3 Å². The van der Waals surface area contributed by atoms with Crippen LogP contribution < -0.4 is 0 Å². The van der Waals surface area contributed by atoms with E-state index < -0.39 is 5.97 Å². The van der Waals surface area contributed by atoms with Crippen LogP contribution in [0.25, 0.3) is 0 Å². The van der Waals surface area contributed by atoms with Crippen molar-refractivity contribution in [2.75, 3.05) is 0 Å². The summed E-state index contributed by atoms with van der Waals surface area (Å²) in [5, 5.41) is 9.30. The minimum Gasteiger partial charge on any atom is -0.481 e. The molecule has 1 saturated carbocycles. The summed E-state index contributed by atoms with van der Waals surface area (Å²) in [6.07, 6.45) is 3.60. The monoisotopic (exact) mass is 250 g/mol. The Morgan fingerprint density at radius 1 is 1.44 bits per heavy atom. The summed E-state index contributed by atoms with van der Waals surface area (Å²) >= 11 is 0. The lowest BCUT2D eigenvalue weighted by atomic mass is 9.70. The minimum absolute atomic E-state index is 0.0445. The zero-order chi connectivity index (χ0) is 13.1. The van der Waals surface area contributed by atoms with Crippen molar-refractivity contribution in [3.05, 3.63) is 35.6 Å². The van der Waals surface area contributed by atoms with Gasteiger partial charge in [-0.25, -0.2) is 4.39 Å². The fraction of sp³-hybridized carbons (Fsp3) is 0.533. The first-order valence-electron chi connectivity index (χ1n) is 6.60. The molecule has 1 N–H and O–H groups in total. The van der Waals surface area contributed by atoms with Crippen molar-refractivity contribution in [1.29, 1.82) is 0 Å². The first-order valence-corrected chi connectivity index (χ1v) is 6.60. The van der Waals surface area contributed by atoms with Gasteiger partial charge in [-0.1, -0.05) is 25.5 Å². The van der Waals surface area contributed by atoms with Crippen molar-refractivity contribution < 1.29 is 14.3 Å². The molecule has 0 aromatic heterocycles. The van der Waals surface area contributed by atoms with E-state index in [1.807, 2.05) is 6.07 Å². The predicted octanol–water partition coefficient (Wildman–Crippen LogP) is 3.82. The average molecular weight is 250 g/mol. The fourth-order valence-corrected chi connectivity index (χ4v) is 3.03. The van der Waals surface area contributed by atoms with Crippen LogP contribution >= 0.6 is 0 Å². The number of carboxylic acids is 1. The van der Waals surface area contributed by atoms with Gasteiger partial charge in [-0.15, -0.1) is 0 Å². The second kappa shape index (κ2) is 5.51. The van der Waals surface area contributed by atoms with Gasteiger partial charge >= 0.3 is 5.97 Å². The third kappa shape index (κ3) is 2.71. The topological polar surface area (TPSA) is 37.3 Å². The molecule has 0 heterocycles. The summed E-state index contributed by atoms with van der Waals surface area (Å²) in [5.41, 5.74) is 0.834. The van der Waals surface area contributed by atoms with Crippen LogP contribution in [0.3, 0.4) is 0 Å². The lowest BCUT2D eigenvalue weighted by Crippen LogP contribution is -2.29. The molecule has 2 rings (SSSR count). The highest BCUT2D eigenvalue weighted by Crippen LogP contribution is 2.41. The number of carboxylic acid groups (broad SMARTS) is 1. The number of carbonyl (C=O) groups is 1. The van der Waals surface area contributed by atoms with Crippen LogP contribution in [0.1, 0.15) is 44.1 Å². The second-order valence-electron chi connectivity index (χ2n) is 5.19. The molecule has 3 heteroatoms. The van der Waals surface area contributed by atoms with Crippen molar-refractivity contribution in [3.63, 3.8) is 0 Å². The summed E-state index contributed by atoms with van der Waals surface area (Å²) in [4.78, 5) is 11.3. The number of hydrogen-bond acceptors (Lipinski definition) is 1. The van der Waals surface area contributed by atoms with Gasteiger partial charge in [0.15, 0.2) is 0 Å².